The summed E-state index contributed by atoms with van der Waals surface area (Å²) in [6, 6.07) is 8.04. The molecule has 292 valence electrons. The van der Waals surface area contributed by atoms with Crippen molar-refractivity contribution in [2.45, 2.75) is 130 Å². The van der Waals surface area contributed by atoms with Crippen molar-refractivity contribution in [1.82, 2.24) is 20.4 Å². The highest BCUT2D eigenvalue weighted by Gasteiger charge is 2.42. The fourth-order valence-corrected chi connectivity index (χ4v) is 7.00. The van der Waals surface area contributed by atoms with Crippen LogP contribution in [0.3, 0.4) is 0 Å². The number of carbonyl (C=O) groups excluding carboxylic acids is 4. The van der Waals surface area contributed by atoms with Crippen molar-refractivity contribution in [3.05, 3.63) is 35.9 Å². The normalized spacial score (nSPS) is 19.2. The summed E-state index contributed by atoms with van der Waals surface area (Å²) in [4.78, 5) is 54.2. The molecule has 1 saturated heterocycles. The Hall–Kier alpha value is -3.06. The summed E-state index contributed by atoms with van der Waals surface area (Å²) in [5.41, 5.74) is 5.78. The van der Waals surface area contributed by atoms with Crippen molar-refractivity contribution < 1.29 is 33.8 Å². The number of ether oxygens (including phenoxy) is 2. The Morgan fingerprint density at radius 3 is 2.06 bits per heavy atom. The molecule has 0 aromatic heterocycles. The van der Waals surface area contributed by atoms with Crippen molar-refractivity contribution in [3.8, 4) is 0 Å². The van der Waals surface area contributed by atoms with E-state index in [1.54, 1.807) is 40.0 Å². The first-order valence-electron chi connectivity index (χ1n) is 18.6. The van der Waals surface area contributed by atoms with Crippen LogP contribution in [0.4, 0.5) is 0 Å². The molecule has 1 aliphatic heterocycles. The first kappa shape index (κ1) is 46.0. The maximum Gasteiger partial charge on any atom is 0.234 e. The highest BCUT2D eigenvalue weighted by atomic mass is 16.5. The summed E-state index contributed by atoms with van der Waals surface area (Å²) in [6.07, 6.45) is 1.15. The molecule has 9 atom stereocenters. The van der Waals surface area contributed by atoms with E-state index in [0.717, 1.165) is 24.8 Å². The number of hydrogen-bond donors (Lipinski definition) is 4. The molecule has 1 heterocycles. The summed E-state index contributed by atoms with van der Waals surface area (Å²) >= 11 is 0. The fraction of sp³-hybridized carbons (Fsp3) is 0.744. The molecule has 9 unspecified atom stereocenters. The number of likely N-dealkylation sites (tertiary alicyclic amines) is 1. The van der Waals surface area contributed by atoms with Crippen LogP contribution < -0.4 is 16.4 Å². The van der Waals surface area contributed by atoms with E-state index in [1.807, 2.05) is 70.0 Å². The number of rotatable bonds is 19. The monoisotopic (exact) mass is 720 g/mol. The number of aliphatic hydroxyl groups is 1. The van der Waals surface area contributed by atoms with Crippen molar-refractivity contribution in [1.29, 1.82) is 0 Å². The van der Waals surface area contributed by atoms with Crippen LogP contribution >= 0.6 is 0 Å². The highest BCUT2D eigenvalue weighted by Crippen LogP contribution is 2.30. The molecule has 12 nitrogen and oxygen atoms in total. The van der Waals surface area contributed by atoms with Crippen molar-refractivity contribution in [3.63, 3.8) is 0 Å². The minimum Gasteiger partial charge on any atom is -0.386 e. The number of aliphatic hydroxyl groups excluding tert-OH is 1. The number of carbonyl (C=O) groups is 4. The molecule has 5 N–H and O–H groups in total. The van der Waals surface area contributed by atoms with Gasteiger partial charge in [-0.25, -0.2) is 0 Å². The lowest BCUT2D eigenvalue weighted by Crippen LogP contribution is -2.53. The number of benzene rings is 1. The molecular formula is C39H69N5O7. The number of nitrogens with zero attached hydrogens (tertiary/aromatic N) is 2. The van der Waals surface area contributed by atoms with E-state index in [2.05, 4.69) is 24.5 Å². The van der Waals surface area contributed by atoms with E-state index in [1.165, 1.54) is 0 Å². The van der Waals surface area contributed by atoms with Crippen molar-refractivity contribution in [2.75, 3.05) is 34.9 Å². The van der Waals surface area contributed by atoms with Gasteiger partial charge in [0.1, 0.15) is 0 Å². The van der Waals surface area contributed by atoms with Gasteiger partial charge in [0, 0.05) is 34.2 Å². The molecule has 1 aliphatic rings. The zero-order chi connectivity index (χ0) is 39.0. The van der Waals surface area contributed by atoms with Crippen LogP contribution in [-0.2, 0) is 28.7 Å². The largest absolute Gasteiger partial charge is 0.386 e. The van der Waals surface area contributed by atoms with E-state index in [4.69, 9.17) is 15.2 Å². The third-order valence-corrected chi connectivity index (χ3v) is 10.2. The molecule has 0 aliphatic carbocycles. The minimum absolute atomic E-state index is 0.0507. The third-order valence-electron chi connectivity index (χ3n) is 10.2. The SMILES string of the molecule is CCC(C)C(C(CC(=O)N1CCCC1C(OC)C(C)C(=O)NC(C)C(O)c1ccccc1)OC)N(C)C(=O)CC(C)C.CNC(C(N)=O)C(C)C. The topological polar surface area (TPSA) is 164 Å². The van der Waals surface area contributed by atoms with E-state index in [-0.39, 0.29) is 65.9 Å². The number of methoxy groups -OCH3 is 2. The van der Waals surface area contributed by atoms with Crippen molar-refractivity contribution >= 4 is 23.6 Å². The summed E-state index contributed by atoms with van der Waals surface area (Å²) in [6.45, 7) is 16.3. The van der Waals surface area contributed by atoms with Gasteiger partial charge in [-0.05, 0) is 50.1 Å². The fourth-order valence-electron chi connectivity index (χ4n) is 7.00. The molecule has 51 heavy (non-hydrogen) atoms. The third kappa shape index (κ3) is 13.8. The lowest BCUT2D eigenvalue weighted by molar-refractivity contribution is -0.146. The van der Waals surface area contributed by atoms with Gasteiger partial charge in [-0.15, -0.1) is 0 Å². The van der Waals surface area contributed by atoms with E-state index < -0.39 is 30.3 Å². The van der Waals surface area contributed by atoms with Crippen LogP contribution in [0.5, 0.6) is 0 Å². The second-order valence-corrected chi connectivity index (χ2v) is 14.8. The van der Waals surface area contributed by atoms with E-state index >= 15 is 0 Å². The lowest BCUT2D eigenvalue weighted by atomic mass is 9.90. The Labute approximate surface area is 307 Å². The van der Waals surface area contributed by atoms with Gasteiger partial charge in [-0.3, -0.25) is 19.2 Å². The quantitative estimate of drug-likeness (QED) is 0.167. The molecule has 1 aromatic carbocycles. The van der Waals surface area contributed by atoms with Gasteiger partial charge in [-0.1, -0.05) is 85.2 Å². The standard InChI is InChI=1S/C33H55N3O6.C6H14N2O/c1-10-22(4)30(35(7)28(37)19-21(2)3)27(41-8)20-29(38)36-18-14-17-26(36)32(42-9)23(5)33(40)34-24(6)31(39)25-15-12-11-13-16-25;1-4(2)5(8-3)6(7)9/h11-13,15-16,21-24,26-27,30-32,39H,10,14,17-20H2,1-9H3,(H,34,40);4-5,8H,1-3H3,(H2,7,9). The number of nitrogens with two attached hydrogens (primary N) is 1. The molecule has 1 aromatic rings. The molecule has 0 saturated carbocycles. The Kier molecular flexibility index (Phi) is 20.5. The second kappa shape index (κ2) is 22.8. The molecule has 12 heteroatoms. The smallest absolute Gasteiger partial charge is 0.234 e. The average molecular weight is 720 g/mol. The van der Waals surface area contributed by atoms with E-state index in [9.17, 15) is 24.3 Å². The molecule has 0 spiro atoms. The molecule has 0 radical (unpaired) electrons. The molecule has 4 amide bonds. The highest BCUT2D eigenvalue weighted by molar-refractivity contribution is 5.81. The first-order valence-corrected chi connectivity index (χ1v) is 18.6. The molecular weight excluding hydrogens is 650 g/mol. The first-order chi connectivity index (χ1) is 24.0. The maximum absolute atomic E-state index is 13.8. The molecule has 1 fully saturated rings. The maximum atomic E-state index is 13.8. The van der Waals surface area contributed by atoms with Crippen LogP contribution in [-0.4, -0.2) is 110 Å². The number of primary amides is 1. The van der Waals surface area contributed by atoms with Gasteiger partial charge in [0.25, 0.3) is 0 Å². The summed E-state index contributed by atoms with van der Waals surface area (Å²) < 4.78 is 11.8. The summed E-state index contributed by atoms with van der Waals surface area (Å²) in [7, 11) is 6.72. The minimum atomic E-state index is -0.845. The van der Waals surface area contributed by atoms with Gasteiger partial charge in [0.2, 0.25) is 23.6 Å². The summed E-state index contributed by atoms with van der Waals surface area (Å²) in [5, 5.41) is 16.5. The Bertz CT molecular complexity index is 1200. The van der Waals surface area contributed by atoms with E-state index in [0.29, 0.717) is 13.0 Å². The predicted molar refractivity (Wildman–Crippen MR) is 201 cm³/mol. The number of hydrogen-bond acceptors (Lipinski definition) is 8. The lowest BCUT2D eigenvalue weighted by Gasteiger charge is -2.39. The number of likely N-dealkylation sites (N-methyl/N-ethyl adjacent to an activating group) is 2. The number of nitrogens with one attached hydrogen (secondary N) is 2. The Morgan fingerprint density at radius 2 is 1.61 bits per heavy atom. The zero-order valence-electron chi connectivity index (χ0n) is 33.3. The van der Waals surface area contributed by atoms with Crippen molar-refractivity contribution in [2.24, 2.45) is 29.4 Å². The van der Waals surface area contributed by atoms with Gasteiger partial charge in [0.05, 0.1) is 54.8 Å². The van der Waals surface area contributed by atoms with Crippen LogP contribution in [0.15, 0.2) is 30.3 Å². The van der Waals surface area contributed by atoms with Crippen LogP contribution in [0.25, 0.3) is 0 Å². The Morgan fingerprint density at radius 1 is 1.00 bits per heavy atom. The molecule has 2 rings (SSSR count). The van der Waals surface area contributed by atoms with Gasteiger partial charge in [0.15, 0.2) is 0 Å². The summed E-state index contributed by atoms with van der Waals surface area (Å²) in [5.74, 6) is -0.438. The predicted octanol–water partition coefficient (Wildman–Crippen LogP) is 3.91. The second-order valence-electron chi connectivity index (χ2n) is 14.8. The number of amides is 4. The van der Waals surface area contributed by atoms with Crippen LogP contribution in [0, 0.1) is 23.7 Å². The Balaban J connectivity index is 0.00000127. The van der Waals surface area contributed by atoms with Gasteiger partial charge < -0.3 is 40.7 Å². The average Bonchev–Trinajstić information content (AvgIpc) is 3.57. The van der Waals surface area contributed by atoms with Gasteiger partial charge in [-0.2, -0.15) is 0 Å². The zero-order valence-corrected chi connectivity index (χ0v) is 33.3. The molecule has 0 bridgehead atoms. The van der Waals surface area contributed by atoms with Crippen LogP contribution in [0.1, 0.15) is 99.2 Å². The van der Waals surface area contributed by atoms with Crippen LogP contribution in [0.2, 0.25) is 0 Å². The van der Waals surface area contributed by atoms with Gasteiger partial charge >= 0.3 is 0 Å².